The Morgan fingerprint density at radius 2 is 1.86 bits per heavy atom. The van der Waals surface area contributed by atoms with Crippen molar-refractivity contribution in [2.45, 2.75) is 6.42 Å². The molecule has 0 fully saturated rings. The third-order valence-corrected chi connectivity index (χ3v) is 3.05. The van der Waals surface area contributed by atoms with Gasteiger partial charge < -0.3 is 24.2 Å². The van der Waals surface area contributed by atoms with Crippen molar-refractivity contribution in [2.24, 2.45) is 0 Å². The zero-order valence-electron chi connectivity index (χ0n) is 12.8. The summed E-state index contributed by atoms with van der Waals surface area (Å²) in [6, 6.07) is 4.63. The third-order valence-electron chi connectivity index (χ3n) is 3.05. The molecule has 0 saturated heterocycles. The molecule has 1 aromatic carbocycles. The van der Waals surface area contributed by atoms with Crippen LogP contribution in [-0.4, -0.2) is 63.5 Å². The molecule has 0 spiro atoms. The number of methoxy groups -OCH3 is 3. The molecule has 21 heavy (non-hydrogen) atoms. The van der Waals surface area contributed by atoms with Crippen molar-refractivity contribution in [1.29, 1.82) is 0 Å². The Morgan fingerprint density at radius 3 is 2.43 bits per heavy atom. The average molecular weight is 297 g/mol. The maximum absolute atomic E-state index is 12.5. The normalized spacial score (nSPS) is 10.4. The molecule has 0 aromatic heterocycles. The fraction of sp³-hybridized carbons (Fsp3) is 0.533. The molecule has 1 amide bonds. The minimum atomic E-state index is -0.152. The molecule has 0 atom stereocenters. The molecular weight excluding hydrogens is 274 g/mol. The Bertz CT molecular complexity index is 450. The highest BCUT2D eigenvalue weighted by molar-refractivity contribution is 5.94. The first-order chi connectivity index (χ1) is 10.1. The summed E-state index contributed by atoms with van der Waals surface area (Å²) in [5, 5.41) is 9.77. The molecule has 6 heteroatoms. The van der Waals surface area contributed by atoms with E-state index in [4.69, 9.17) is 14.2 Å². The quantitative estimate of drug-likeness (QED) is 0.700. The molecule has 1 rings (SSSR count). The van der Waals surface area contributed by atoms with Crippen LogP contribution in [0.4, 0.5) is 0 Å². The van der Waals surface area contributed by atoms with Crippen molar-refractivity contribution >= 4 is 5.91 Å². The van der Waals surface area contributed by atoms with Crippen LogP contribution in [0, 0.1) is 0 Å². The molecule has 1 N–H and O–H groups in total. The number of rotatable bonds is 9. The first-order valence-corrected chi connectivity index (χ1v) is 6.78. The Kier molecular flexibility index (Phi) is 7.56. The van der Waals surface area contributed by atoms with Gasteiger partial charge in [0.15, 0.2) is 11.5 Å². The summed E-state index contributed by atoms with van der Waals surface area (Å²) < 4.78 is 15.0. The molecule has 118 valence electrons. The van der Waals surface area contributed by atoms with Gasteiger partial charge in [0.2, 0.25) is 0 Å². The highest BCUT2D eigenvalue weighted by Crippen LogP contribution is 2.26. The second kappa shape index (κ2) is 9.20. The molecule has 0 heterocycles. The van der Waals surface area contributed by atoms with Gasteiger partial charge in [-0.3, -0.25) is 4.79 Å². The van der Waals surface area contributed by atoms with E-state index in [1.807, 2.05) is 0 Å². The van der Waals surface area contributed by atoms with Gasteiger partial charge in [0, 0.05) is 39.5 Å². The van der Waals surface area contributed by atoms with E-state index in [0.29, 0.717) is 37.6 Å². The van der Waals surface area contributed by atoms with Crippen LogP contribution in [0.25, 0.3) is 0 Å². The fourth-order valence-corrected chi connectivity index (χ4v) is 1.92. The van der Waals surface area contributed by atoms with Crippen LogP contribution in [0.5, 0.6) is 11.5 Å². The number of phenols is 1. The first-order valence-electron chi connectivity index (χ1n) is 6.78. The zero-order chi connectivity index (χ0) is 15.7. The summed E-state index contributed by atoms with van der Waals surface area (Å²) in [5.41, 5.74) is 0.418. The number of carbonyl (C=O) groups excluding carboxylic acids is 1. The Balaban J connectivity index is 2.80. The van der Waals surface area contributed by atoms with Crippen molar-refractivity contribution in [3.8, 4) is 11.5 Å². The smallest absolute Gasteiger partial charge is 0.254 e. The molecular formula is C15H23NO5. The van der Waals surface area contributed by atoms with Crippen LogP contribution < -0.4 is 4.74 Å². The summed E-state index contributed by atoms with van der Waals surface area (Å²) in [4.78, 5) is 14.2. The predicted octanol–water partition coefficient (Wildman–Crippen LogP) is 1.53. The maximum Gasteiger partial charge on any atom is 0.254 e. The van der Waals surface area contributed by atoms with Crippen molar-refractivity contribution in [1.82, 2.24) is 4.90 Å². The molecule has 0 aliphatic rings. The summed E-state index contributed by atoms with van der Waals surface area (Å²) in [7, 11) is 4.69. The summed E-state index contributed by atoms with van der Waals surface area (Å²) in [5.74, 6) is 0.141. The van der Waals surface area contributed by atoms with Gasteiger partial charge in [0.05, 0.1) is 13.7 Å². The molecule has 0 radical (unpaired) electrons. The molecule has 0 aliphatic heterocycles. The van der Waals surface area contributed by atoms with E-state index in [-0.39, 0.29) is 11.7 Å². The van der Waals surface area contributed by atoms with Gasteiger partial charge in [0.1, 0.15) is 0 Å². The van der Waals surface area contributed by atoms with Gasteiger partial charge in [-0.05, 0) is 24.6 Å². The van der Waals surface area contributed by atoms with Gasteiger partial charge >= 0.3 is 0 Å². The molecule has 0 bridgehead atoms. The molecule has 0 aliphatic carbocycles. The lowest BCUT2D eigenvalue weighted by Gasteiger charge is -2.22. The van der Waals surface area contributed by atoms with E-state index >= 15 is 0 Å². The van der Waals surface area contributed by atoms with E-state index in [1.165, 1.54) is 13.2 Å². The number of amides is 1. The molecule has 0 unspecified atom stereocenters. The van der Waals surface area contributed by atoms with Gasteiger partial charge in [-0.25, -0.2) is 0 Å². The molecule has 6 nitrogen and oxygen atoms in total. The van der Waals surface area contributed by atoms with E-state index in [1.54, 1.807) is 31.3 Å². The van der Waals surface area contributed by atoms with Crippen LogP contribution in [0.15, 0.2) is 18.2 Å². The van der Waals surface area contributed by atoms with E-state index in [9.17, 15) is 9.90 Å². The number of nitrogens with zero attached hydrogens (tertiary/aromatic N) is 1. The number of aromatic hydroxyl groups is 1. The van der Waals surface area contributed by atoms with Crippen molar-refractivity contribution in [2.75, 3.05) is 47.6 Å². The van der Waals surface area contributed by atoms with Crippen molar-refractivity contribution in [3.05, 3.63) is 23.8 Å². The number of carbonyl (C=O) groups is 1. The van der Waals surface area contributed by atoms with Gasteiger partial charge in [-0.15, -0.1) is 0 Å². The summed E-state index contributed by atoms with van der Waals surface area (Å²) >= 11 is 0. The second-order valence-electron chi connectivity index (χ2n) is 4.52. The van der Waals surface area contributed by atoms with Crippen molar-refractivity contribution in [3.63, 3.8) is 0 Å². The standard InChI is InChI=1S/C15H23NO5/c1-19-9-4-7-16(8-10-20-2)15(18)12-5-6-14(21-3)13(17)11-12/h5-6,11,17H,4,7-10H2,1-3H3. The highest BCUT2D eigenvalue weighted by atomic mass is 16.5. The summed E-state index contributed by atoms with van der Waals surface area (Å²) in [6.45, 7) is 2.11. The number of benzene rings is 1. The van der Waals surface area contributed by atoms with E-state index in [0.717, 1.165) is 6.42 Å². The topological polar surface area (TPSA) is 68.2 Å². The number of hydrogen-bond donors (Lipinski definition) is 1. The monoisotopic (exact) mass is 297 g/mol. The van der Waals surface area contributed by atoms with Crippen LogP contribution in [0.1, 0.15) is 16.8 Å². The van der Waals surface area contributed by atoms with Gasteiger partial charge in [-0.1, -0.05) is 0 Å². The second-order valence-corrected chi connectivity index (χ2v) is 4.52. The van der Waals surface area contributed by atoms with Gasteiger partial charge in [0.25, 0.3) is 5.91 Å². The van der Waals surface area contributed by atoms with E-state index < -0.39 is 0 Å². The Hall–Kier alpha value is -1.79. The number of phenolic OH excluding ortho intramolecular Hbond substituents is 1. The highest BCUT2D eigenvalue weighted by Gasteiger charge is 2.17. The third kappa shape index (κ3) is 5.24. The zero-order valence-corrected chi connectivity index (χ0v) is 12.8. The van der Waals surface area contributed by atoms with Gasteiger partial charge in [-0.2, -0.15) is 0 Å². The van der Waals surface area contributed by atoms with Crippen LogP contribution >= 0.6 is 0 Å². The number of ether oxygens (including phenoxy) is 3. The summed E-state index contributed by atoms with van der Waals surface area (Å²) in [6.07, 6.45) is 0.744. The first kappa shape index (κ1) is 17.3. The SMILES string of the molecule is COCCCN(CCOC)C(=O)c1ccc(OC)c(O)c1. The minimum Gasteiger partial charge on any atom is -0.504 e. The number of hydrogen-bond acceptors (Lipinski definition) is 5. The lowest BCUT2D eigenvalue weighted by Crippen LogP contribution is -2.35. The fourth-order valence-electron chi connectivity index (χ4n) is 1.92. The van der Waals surface area contributed by atoms with E-state index in [2.05, 4.69) is 0 Å². The largest absolute Gasteiger partial charge is 0.504 e. The molecule has 0 saturated carbocycles. The van der Waals surface area contributed by atoms with Crippen LogP contribution in [0.3, 0.4) is 0 Å². The molecule has 1 aromatic rings. The lowest BCUT2D eigenvalue weighted by molar-refractivity contribution is 0.0673. The Labute approximate surface area is 125 Å². The van der Waals surface area contributed by atoms with Crippen molar-refractivity contribution < 1.29 is 24.1 Å². The minimum absolute atomic E-state index is 0.0491. The maximum atomic E-state index is 12.5. The lowest BCUT2D eigenvalue weighted by atomic mass is 10.1. The predicted molar refractivity (Wildman–Crippen MR) is 78.9 cm³/mol. The van der Waals surface area contributed by atoms with Crippen LogP contribution in [0.2, 0.25) is 0 Å². The average Bonchev–Trinajstić information content (AvgIpc) is 2.50. The van der Waals surface area contributed by atoms with Crippen LogP contribution in [-0.2, 0) is 9.47 Å². The Morgan fingerprint density at radius 1 is 1.14 bits per heavy atom.